The molecule has 2 N–H and O–H groups in total. The molecule has 2 amide bonds. The van der Waals surface area contributed by atoms with Gasteiger partial charge >= 0.3 is 6.03 Å². The molecule has 1 aliphatic rings. The monoisotopic (exact) mass is 316 g/mol. The van der Waals surface area contributed by atoms with Crippen LogP contribution in [0.5, 0.6) is 5.75 Å². The molecule has 6 nitrogen and oxygen atoms in total. The average molecular weight is 317 g/mol. The highest BCUT2D eigenvalue weighted by Gasteiger charge is 2.23. The number of carbonyl (C=O) groups is 1. The third-order valence-electron chi connectivity index (χ3n) is 2.67. The van der Waals surface area contributed by atoms with Gasteiger partial charge in [0.25, 0.3) is 0 Å². The number of hydrogen-bond donors (Lipinski definition) is 2. The smallest absolute Gasteiger partial charge is 0.319 e. The van der Waals surface area contributed by atoms with Gasteiger partial charge in [-0.25, -0.2) is 13.2 Å². The highest BCUT2D eigenvalue weighted by molar-refractivity contribution is 7.94. The Hall–Kier alpha value is -1.73. The molecule has 0 saturated carbocycles. The molecule has 0 fully saturated rings. The maximum absolute atomic E-state index is 11.7. The highest BCUT2D eigenvalue weighted by atomic mass is 35.5. The van der Waals surface area contributed by atoms with Crippen LogP contribution in [0.25, 0.3) is 0 Å². The normalized spacial score (nSPS) is 19.6. The SMILES string of the molecule is COc1ccc(NC(=O)N[C@H]2C=CS(=O)(=O)C2)c(Cl)c1. The van der Waals surface area contributed by atoms with Gasteiger partial charge in [0.1, 0.15) is 5.75 Å². The third kappa shape index (κ3) is 3.64. The van der Waals surface area contributed by atoms with E-state index in [1.807, 2.05) is 0 Å². The fourth-order valence-corrected chi connectivity index (χ4v) is 3.17. The van der Waals surface area contributed by atoms with Crippen LogP contribution >= 0.6 is 11.6 Å². The lowest BCUT2D eigenvalue weighted by Crippen LogP contribution is -2.38. The Bertz CT molecular complexity index is 657. The second kappa shape index (κ2) is 5.72. The van der Waals surface area contributed by atoms with Crippen molar-refractivity contribution in [2.45, 2.75) is 6.04 Å². The van der Waals surface area contributed by atoms with Crippen molar-refractivity contribution in [3.05, 3.63) is 34.7 Å². The molecule has 0 aliphatic carbocycles. The predicted molar refractivity (Wildman–Crippen MR) is 76.9 cm³/mol. The van der Waals surface area contributed by atoms with E-state index in [1.165, 1.54) is 13.2 Å². The number of halogens is 1. The average Bonchev–Trinajstić information content (AvgIpc) is 2.71. The van der Waals surface area contributed by atoms with Gasteiger partial charge in [-0.15, -0.1) is 0 Å². The van der Waals surface area contributed by atoms with Crippen LogP contribution in [-0.4, -0.2) is 33.4 Å². The first-order valence-electron chi connectivity index (χ1n) is 5.71. The number of methoxy groups -OCH3 is 1. The maximum Gasteiger partial charge on any atom is 0.319 e. The van der Waals surface area contributed by atoms with Crippen LogP contribution < -0.4 is 15.4 Å². The molecule has 1 heterocycles. The van der Waals surface area contributed by atoms with Crippen molar-refractivity contribution in [2.75, 3.05) is 18.2 Å². The molecule has 0 aromatic heterocycles. The van der Waals surface area contributed by atoms with Gasteiger partial charge in [-0.05, 0) is 18.2 Å². The van der Waals surface area contributed by atoms with Gasteiger partial charge in [-0.3, -0.25) is 0 Å². The molecular weight excluding hydrogens is 304 g/mol. The summed E-state index contributed by atoms with van der Waals surface area (Å²) in [5.74, 6) is 0.447. The van der Waals surface area contributed by atoms with Crippen molar-refractivity contribution in [1.29, 1.82) is 0 Å². The summed E-state index contributed by atoms with van der Waals surface area (Å²) in [6.07, 6.45) is 1.44. The van der Waals surface area contributed by atoms with Crippen molar-refractivity contribution in [3.8, 4) is 5.75 Å². The van der Waals surface area contributed by atoms with Crippen LogP contribution in [0.1, 0.15) is 0 Å². The summed E-state index contributed by atoms with van der Waals surface area (Å²) in [6, 6.07) is 3.77. The Balaban J connectivity index is 1.97. The quantitative estimate of drug-likeness (QED) is 0.890. The zero-order chi connectivity index (χ0) is 14.8. The predicted octanol–water partition coefficient (Wildman–Crippen LogP) is 1.78. The minimum Gasteiger partial charge on any atom is -0.497 e. The number of rotatable bonds is 3. The van der Waals surface area contributed by atoms with Crippen molar-refractivity contribution in [2.24, 2.45) is 0 Å². The van der Waals surface area contributed by atoms with Crippen LogP contribution in [0.15, 0.2) is 29.7 Å². The number of hydrogen-bond acceptors (Lipinski definition) is 4. The molecular formula is C12H13ClN2O4S. The van der Waals surface area contributed by atoms with Crippen LogP contribution in [0, 0.1) is 0 Å². The van der Waals surface area contributed by atoms with E-state index >= 15 is 0 Å². The Morgan fingerprint density at radius 3 is 2.75 bits per heavy atom. The summed E-state index contributed by atoms with van der Waals surface area (Å²) >= 11 is 5.98. The number of carbonyl (C=O) groups excluding carboxylic acids is 1. The van der Waals surface area contributed by atoms with Gasteiger partial charge in [0.2, 0.25) is 0 Å². The third-order valence-corrected chi connectivity index (χ3v) is 4.38. The zero-order valence-corrected chi connectivity index (χ0v) is 12.2. The molecule has 1 aliphatic heterocycles. The molecule has 1 aromatic carbocycles. The summed E-state index contributed by atoms with van der Waals surface area (Å²) in [6.45, 7) is 0. The fourth-order valence-electron chi connectivity index (χ4n) is 1.72. The van der Waals surface area contributed by atoms with Gasteiger partial charge in [0.15, 0.2) is 9.84 Å². The molecule has 0 unspecified atom stereocenters. The number of sulfone groups is 1. The number of nitrogens with one attached hydrogen (secondary N) is 2. The molecule has 1 atom stereocenters. The molecule has 0 saturated heterocycles. The van der Waals surface area contributed by atoms with E-state index in [0.29, 0.717) is 16.5 Å². The number of benzene rings is 1. The van der Waals surface area contributed by atoms with Crippen LogP contribution in [0.3, 0.4) is 0 Å². The van der Waals surface area contributed by atoms with Crippen molar-refractivity contribution in [3.63, 3.8) is 0 Å². The number of amides is 2. The summed E-state index contributed by atoms with van der Waals surface area (Å²) in [4.78, 5) is 11.7. The molecule has 0 bridgehead atoms. The Kier molecular flexibility index (Phi) is 4.20. The molecule has 0 spiro atoms. The van der Waals surface area contributed by atoms with Crippen molar-refractivity contribution in [1.82, 2.24) is 5.32 Å². The summed E-state index contributed by atoms with van der Waals surface area (Å²) in [5, 5.41) is 6.51. The Labute approximate surface area is 121 Å². The van der Waals surface area contributed by atoms with Crippen LogP contribution in [-0.2, 0) is 9.84 Å². The van der Waals surface area contributed by atoms with E-state index in [4.69, 9.17) is 16.3 Å². The van der Waals surface area contributed by atoms with Crippen molar-refractivity contribution >= 4 is 33.2 Å². The zero-order valence-electron chi connectivity index (χ0n) is 10.6. The van der Waals surface area contributed by atoms with Gasteiger partial charge in [-0.2, -0.15) is 0 Å². The lowest BCUT2D eigenvalue weighted by atomic mass is 10.3. The van der Waals surface area contributed by atoms with E-state index in [1.54, 1.807) is 18.2 Å². The number of urea groups is 1. The van der Waals surface area contributed by atoms with Gasteiger partial charge in [0, 0.05) is 11.5 Å². The largest absolute Gasteiger partial charge is 0.497 e. The van der Waals surface area contributed by atoms with E-state index in [0.717, 1.165) is 5.41 Å². The minimum absolute atomic E-state index is 0.128. The molecule has 20 heavy (non-hydrogen) atoms. The van der Waals surface area contributed by atoms with Crippen molar-refractivity contribution < 1.29 is 17.9 Å². The first kappa shape index (κ1) is 14.7. The second-order valence-electron chi connectivity index (χ2n) is 4.21. The van der Waals surface area contributed by atoms with Gasteiger partial charge < -0.3 is 15.4 Å². The molecule has 8 heteroatoms. The maximum atomic E-state index is 11.7. The Morgan fingerprint density at radius 2 is 2.20 bits per heavy atom. The van der Waals surface area contributed by atoms with E-state index in [9.17, 15) is 13.2 Å². The first-order chi connectivity index (χ1) is 9.39. The van der Waals surface area contributed by atoms with Gasteiger partial charge in [-0.1, -0.05) is 11.6 Å². The molecule has 0 radical (unpaired) electrons. The molecule has 108 valence electrons. The van der Waals surface area contributed by atoms with Crippen LogP contribution in [0.2, 0.25) is 5.02 Å². The van der Waals surface area contributed by atoms with E-state index in [2.05, 4.69) is 10.6 Å². The first-order valence-corrected chi connectivity index (χ1v) is 7.81. The number of anilines is 1. The molecule has 1 aromatic rings. The standard InChI is InChI=1S/C12H13ClN2O4S/c1-19-9-2-3-11(10(13)6-9)15-12(16)14-8-4-5-20(17,18)7-8/h2-6,8H,7H2,1H3,(H2,14,15,16)/t8-/m0/s1. The second-order valence-corrected chi connectivity index (χ2v) is 6.55. The summed E-state index contributed by atoms with van der Waals surface area (Å²) in [5.41, 5.74) is 0.412. The van der Waals surface area contributed by atoms with Crippen LogP contribution in [0.4, 0.5) is 10.5 Å². The van der Waals surface area contributed by atoms with E-state index in [-0.39, 0.29) is 5.75 Å². The lowest BCUT2D eigenvalue weighted by Gasteiger charge is -2.12. The fraction of sp³-hybridized carbons (Fsp3) is 0.250. The van der Waals surface area contributed by atoms with Gasteiger partial charge in [0.05, 0.1) is 29.6 Å². The summed E-state index contributed by atoms with van der Waals surface area (Å²) < 4.78 is 27.4. The summed E-state index contributed by atoms with van der Waals surface area (Å²) in [7, 11) is -1.68. The number of ether oxygens (including phenoxy) is 1. The Morgan fingerprint density at radius 1 is 1.45 bits per heavy atom. The minimum atomic E-state index is -3.20. The van der Waals surface area contributed by atoms with E-state index < -0.39 is 21.9 Å². The molecule has 2 rings (SSSR count). The lowest BCUT2D eigenvalue weighted by molar-refractivity contribution is 0.251. The topological polar surface area (TPSA) is 84.5 Å². The highest BCUT2D eigenvalue weighted by Crippen LogP contribution is 2.26.